The van der Waals surface area contributed by atoms with E-state index in [0.717, 1.165) is 13.0 Å². The van der Waals surface area contributed by atoms with Gasteiger partial charge in [0.1, 0.15) is 21.5 Å². The number of nitrogen functional groups attached to an aromatic ring is 1. The Labute approximate surface area is 115 Å². The van der Waals surface area contributed by atoms with Gasteiger partial charge in [-0.15, -0.1) is 11.3 Å². The minimum atomic E-state index is -0.478. The van der Waals surface area contributed by atoms with E-state index in [1.54, 1.807) is 6.92 Å². The Morgan fingerprint density at radius 2 is 2.42 bits per heavy atom. The summed E-state index contributed by atoms with van der Waals surface area (Å²) in [6.45, 7) is 3.43. The van der Waals surface area contributed by atoms with Gasteiger partial charge >= 0.3 is 5.97 Å². The fourth-order valence-electron chi connectivity index (χ4n) is 2.11. The van der Waals surface area contributed by atoms with Crippen molar-refractivity contribution in [3.05, 3.63) is 10.4 Å². The SMILES string of the molecule is CCOC(=O)c1c(N2CCC(N)C2)sc(C#N)c1N. The third-order valence-corrected chi connectivity index (χ3v) is 4.19. The summed E-state index contributed by atoms with van der Waals surface area (Å²) < 4.78 is 5.01. The van der Waals surface area contributed by atoms with Gasteiger partial charge in [-0.1, -0.05) is 0 Å². The first-order chi connectivity index (χ1) is 9.08. The van der Waals surface area contributed by atoms with Crippen molar-refractivity contribution in [2.24, 2.45) is 5.73 Å². The molecule has 4 N–H and O–H groups in total. The quantitative estimate of drug-likeness (QED) is 0.797. The average molecular weight is 280 g/mol. The zero-order valence-electron chi connectivity index (χ0n) is 10.7. The summed E-state index contributed by atoms with van der Waals surface area (Å²) in [5, 5.41) is 9.74. The first-order valence-electron chi connectivity index (χ1n) is 6.08. The van der Waals surface area contributed by atoms with Crippen molar-refractivity contribution in [1.29, 1.82) is 5.26 Å². The second-order valence-corrected chi connectivity index (χ2v) is 5.35. The summed E-state index contributed by atoms with van der Waals surface area (Å²) in [6, 6.07) is 2.10. The molecule has 0 radical (unpaired) electrons. The van der Waals surface area contributed by atoms with Gasteiger partial charge in [0, 0.05) is 19.1 Å². The number of anilines is 2. The van der Waals surface area contributed by atoms with E-state index < -0.39 is 5.97 Å². The van der Waals surface area contributed by atoms with Gasteiger partial charge < -0.3 is 21.1 Å². The number of thiophene rings is 1. The van der Waals surface area contributed by atoms with E-state index in [9.17, 15) is 4.79 Å². The van der Waals surface area contributed by atoms with Crippen molar-refractivity contribution in [2.45, 2.75) is 19.4 Å². The molecule has 102 valence electrons. The first-order valence-corrected chi connectivity index (χ1v) is 6.90. The van der Waals surface area contributed by atoms with Crippen LogP contribution in [0.25, 0.3) is 0 Å². The molecule has 0 saturated carbocycles. The Bertz CT molecular complexity index is 535. The van der Waals surface area contributed by atoms with E-state index in [1.165, 1.54) is 11.3 Å². The van der Waals surface area contributed by atoms with Gasteiger partial charge in [-0.3, -0.25) is 0 Å². The first kappa shape index (κ1) is 13.6. The number of ether oxygens (including phenoxy) is 1. The number of hydrogen-bond donors (Lipinski definition) is 2. The van der Waals surface area contributed by atoms with Crippen molar-refractivity contribution in [3.63, 3.8) is 0 Å². The van der Waals surface area contributed by atoms with Crippen LogP contribution in [0.15, 0.2) is 0 Å². The van der Waals surface area contributed by atoms with Crippen molar-refractivity contribution in [2.75, 3.05) is 30.3 Å². The molecule has 0 aliphatic carbocycles. The van der Waals surface area contributed by atoms with Crippen LogP contribution in [0, 0.1) is 11.3 Å². The summed E-state index contributed by atoms with van der Waals surface area (Å²) in [5.41, 5.74) is 12.3. The van der Waals surface area contributed by atoms with Crippen molar-refractivity contribution in [1.82, 2.24) is 0 Å². The Morgan fingerprint density at radius 3 is 2.95 bits per heavy atom. The minimum absolute atomic E-state index is 0.0869. The van der Waals surface area contributed by atoms with Gasteiger partial charge in [0.05, 0.1) is 12.3 Å². The lowest BCUT2D eigenvalue weighted by atomic mass is 10.2. The van der Waals surface area contributed by atoms with E-state index in [1.807, 2.05) is 11.0 Å². The van der Waals surface area contributed by atoms with E-state index >= 15 is 0 Å². The number of hydrogen-bond acceptors (Lipinski definition) is 7. The van der Waals surface area contributed by atoms with Crippen LogP contribution in [-0.2, 0) is 4.74 Å². The zero-order chi connectivity index (χ0) is 14.0. The van der Waals surface area contributed by atoms with Gasteiger partial charge in [-0.25, -0.2) is 4.79 Å². The molecule has 1 unspecified atom stereocenters. The van der Waals surface area contributed by atoms with E-state index in [0.29, 0.717) is 22.0 Å². The summed E-state index contributed by atoms with van der Waals surface area (Å²) in [7, 11) is 0. The molecule has 7 heteroatoms. The highest BCUT2D eigenvalue weighted by atomic mass is 32.1. The van der Waals surface area contributed by atoms with Crippen molar-refractivity contribution in [3.8, 4) is 6.07 Å². The van der Waals surface area contributed by atoms with Gasteiger partial charge in [-0.05, 0) is 13.3 Å². The van der Waals surface area contributed by atoms with Crippen LogP contribution in [0.2, 0.25) is 0 Å². The number of nitriles is 1. The average Bonchev–Trinajstić information content (AvgIpc) is 2.93. The monoisotopic (exact) mass is 280 g/mol. The molecule has 1 saturated heterocycles. The molecule has 0 amide bonds. The molecule has 2 rings (SSSR count). The van der Waals surface area contributed by atoms with E-state index in [4.69, 9.17) is 21.5 Å². The molecule has 19 heavy (non-hydrogen) atoms. The molecule has 1 aromatic rings. The number of carbonyl (C=O) groups is 1. The summed E-state index contributed by atoms with van der Waals surface area (Å²) in [6.07, 6.45) is 0.863. The summed E-state index contributed by atoms with van der Waals surface area (Å²) >= 11 is 1.22. The van der Waals surface area contributed by atoms with Crippen LogP contribution in [0.3, 0.4) is 0 Å². The maximum absolute atomic E-state index is 12.0. The third-order valence-electron chi connectivity index (χ3n) is 3.02. The Balaban J connectivity index is 2.42. The lowest BCUT2D eigenvalue weighted by Gasteiger charge is -2.17. The predicted molar refractivity (Wildman–Crippen MR) is 74.2 cm³/mol. The number of nitrogens with two attached hydrogens (primary N) is 2. The maximum Gasteiger partial charge on any atom is 0.343 e. The van der Waals surface area contributed by atoms with E-state index in [-0.39, 0.29) is 18.3 Å². The standard InChI is InChI=1S/C12H16N4O2S/c1-2-18-12(17)9-10(15)8(5-13)19-11(9)16-4-3-7(14)6-16/h7H,2-4,6,14-15H2,1H3. The smallest absolute Gasteiger partial charge is 0.343 e. The number of esters is 1. The van der Waals surface area contributed by atoms with E-state index in [2.05, 4.69) is 0 Å². The normalized spacial score (nSPS) is 18.4. The highest BCUT2D eigenvalue weighted by Gasteiger charge is 2.30. The highest BCUT2D eigenvalue weighted by Crippen LogP contribution is 2.39. The molecule has 1 aromatic heterocycles. The fourth-order valence-corrected chi connectivity index (χ4v) is 3.15. The highest BCUT2D eigenvalue weighted by molar-refractivity contribution is 7.17. The number of carbonyl (C=O) groups excluding carboxylic acids is 1. The third kappa shape index (κ3) is 2.50. The van der Waals surface area contributed by atoms with Crippen LogP contribution in [0.5, 0.6) is 0 Å². The van der Waals surface area contributed by atoms with Gasteiger partial charge in [0.2, 0.25) is 0 Å². The number of rotatable bonds is 3. The lowest BCUT2D eigenvalue weighted by Crippen LogP contribution is -2.27. The summed E-state index contributed by atoms with van der Waals surface area (Å²) in [5.74, 6) is -0.478. The zero-order valence-corrected chi connectivity index (χ0v) is 11.5. The molecule has 6 nitrogen and oxygen atoms in total. The molecule has 0 spiro atoms. The van der Waals surface area contributed by atoms with Gasteiger partial charge in [0.25, 0.3) is 0 Å². The van der Waals surface area contributed by atoms with Crippen molar-refractivity contribution < 1.29 is 9.53 Å². The Morgan fingerprint density at radius 1 is 1.68 bits per heavy atom. The van der Waals surface area contributed by atoms with Crippen LogP contribution in [-0.4, -0.2) is 31.7 Å². The maximum atomic E-state index is 12.0. The lowest BCUT2D eigenvalue weighted by molar-refractivity contribution is 0.0529. The van der Waals surface area contributed by atoms with Crippen molar-refractivity contribution >= 4 is 28.0 Å². The topological polar surface area (TPSA) is 105 Å². The number of nitrogens with zero attached hydrogens (tertiary/aromatic N) is 2. The summed E-state index contributed by atoms with van der Waals surface area (Å²) in [4.78, 5) is 14.3. The molecular formula is C12H16N4O2S. The van der Waals surface area contributed by atoms with Gasteiger partial charge in [0.15, 0.2) is 0 Å². The molecule has 2 heterocycles. The molecule has 1 aliphatic rings. The molecule has 1 atom stereocenters. The second kappa shape index (κ2) is 5.47. The second-order valence-electron chi connectivity index (χ2n) is 4.35. The van der Waals surface area contributed by atoms with Crippen LogP contribution < -0.4 is 16.4 Å². The van der Waals surface area contributed by atoms with Gasteiger partial charge in [-0.2, -0.15) is 5.26 Å². The van der Waals surface area contributed by atoms with Crippen LogP contribution in [0.4, 0.5) is 10.7 Å². The molecule has 1 aliphatic heterocycles. The molecule has 0 bridgehead atoms. The predicted octanol–water partition coefficient (Wildman–Crippen LogP) is 0.916. The van der Waals surface area contributed by atoms with Crippen LogP contribution in [0.1, 0.15) is 28.6 Å². The molecule has 1 fully saturated rings. The Hall–Kier alpha value is -1.78. The fraction of sp³-hybridized carbons (Fsp3) is 0.500. The minimum Gasteiger partial charge on any atom is -0.462 e. The Kier molecular flexibility index (Phi) is 3.93. The largest absolute Gasteiger partial charge is 0.462 e. The molecule has 0 aromatic carbocycles. The van der Waals surface area contributed by atoms with Crippen LogP contribution >= 0.6 is 11.3 Å². The molecular weight excluding hydrogens is 264 g/mol.